The van der Waals surface area contributed by atoms with E-state index in [4.69, 9.17) is 0 Å². The molecule has 4 heteroatoms. The number of rotatable bonds is 4. The first kappa shape index (κ1) is 13.6. The second-order valence-corrected chi connectivity index (χ2v) is 5.19. The standard InChI is InChI=1S/C15H12INO2/c1-2-10-3-8-14(13(9-10)15(18)19)17-12-6-4-11(16)5-7-12/h2-9,17H,1H2,(H,18,19). The Morgan fingerprint density at radius 2 is 1.89 bits per heavy atom. The van der Waals surface area contributed by atoms with Crippen LogP contribution in [0.4, 0.5) is 11.4 Å². The van der Waals surface area contributed by atoms with Crippen LogP contribution >= 0.6 is 22.6 Å². The second-order valence-electron chi connectivity index (χ2n) is 3.95. The van der Waals surface area contributed by atoms with E-state index in [1.54, 1.807) is 18.2 Å². The summed E-state index contributed by atoms with van der Waals surface area (Å²) in [4.78, 5) is 11.3. The average Bonchev–Trinajstić information content (AvgIpc) is 2.41. The SMILES string of the molecule is C=Cc1ccc(Nc2ccc(I)cc2)c(C(=O)O)c1. The van der Waals surface area contributed by atoms with E-state index in [1.807, 2.05) is 30.3 Å². The van der Waals surface area contributed by atoms with Gasteiger partial charge in [-0.25, -0.2) is 4.79 Å². The van der Waals surface area contributed by atoms with E-state index in [0.717, 1.165) is 14.8 Å². The minimum atomic E-state index is -0.961. The molecule has 0 aromatic heterocycles. The number of benzene rings is 2. The molecule has 0 aliphatic carbocycles. The predicted molar refractivity (Wildman–Crippen MR) is 85.9 cm³/mol. The normalized spacial score (nSPS) is 9.95. The molecule has 0 atom stereocenters. The molecule has 19 heavy (non-hydrogen) atoms. The summed E-state index contributed by atoms with van der Waals surface area (Å²) in [5.41, 5.74) is 2.44. The molecule has 3 nitrogen and oxygen atoms in total. The third kappa shape index (κ3) is 3.35. The fourth-order valence-corrected chi connectivity index (χ4v) is 2.02. The molecule has 0 aliphatic heterocycles. The van der Waals surface area contributed by atoms with Crippen molar-refractivity contribution in [1.82, 2.24) is 0 Å². The molecule has 0 amide bonds. The lowest BCUT2D eigenvalue weighted by molar-refractivity contribution is 0.0698. The Kier molecular flexibility index (Phi) is 4.21. The van der Waals surface area contributed by atoms with Gasteiger partial charge >= 0.3 is 5.97 Å². The van der Waals surface area contributed by atoms with Gasteiger partial charge in [0, 0.05) is 9.26 Å². The summed E-state index contributed by atoms with van der Waals surface area (Å²) >= 11 is 2.22. The summed E-state index contributed by atoms with van der Waals surface area (Å²) in [6, 6.07) is 12.9. The van der Waals surface area contributed by atoms with Gasteiger partial charge in [-0.3, -0.25) is 0 Å². The molecule has 2 aromatic rings. The van der Waals surface area contributed by atoms with Crippen molar-refractivity contribution in [3.63, 3.8) is 0 Å². The Balaban J connectivity index is 2.36. The first-order valence-corrected chi connectivity index (χ1v) is 6.70. The van der Waals surface area contributed by atoms with Gasteiger partial charge in [-0.2, -0.15) is 0 Å². The van der Waals surface area contributed by atoms with Gasteiger partial charge in [0.15, 0.2) is 0 Å². The highest BCUT2D eigenvalue weighted by atomic mass is 127. The van der Waals surface area contributed by atoms with E-state index < -0.39 is 5.97 Å². The quantitative estimate of drug-likeness (QED) is 0.791. The third-order valence-electron chi connectivity index (χ3n) is 2.63. The highest BCUT2D eigenvalue weighted by Gasteiger charge is 2.10. The summed E-state index contributed by atoms with van der Waals surface area (Å²) in [6.07, 6.45) is 1.63. The maximum atomic E-state index is 11.3. The molecule has 2 rings (SSSR count). The van der Waals surface area contributed by atoms with Gasteiger partial charge in [0.25, 0.3) is 0 Å². The number of halogens is 1. The molecule has 0 radical (unpaired) electrons. The zero-order chi connectivity index (χ0) is 13.8. The van der Waals surface area contributed by atoms with Crippen molar-refractivity contribution in [3.05, 3.63) is 63.7 Å². The average molecular weight is 365 g/mol. The number of carboxylic acid groups (broad SMARTS) is 1. The van der Waals surface area contributed by atoms with Crippen molar-refractivity contribution in [2.75, 3.05) is 5.32 Å². The van der Waals surface area contributed by atoms with E-state index in [-0.39, 0.29) is 5.56 Å². The smallest absolute Gasteiger partial charge is 0.337 e. The van der Waals surface area contributed by atoms with E-state index in [9.17, 15) is 9.90 Å². The fourth-order valence-electron chi connectivity index (χ4n) is 1.66. The number of hydrogen-bond donors (Lipinski definition) is 2. The third-order valence-corrected chi connectivity index (χ3v) is 3.35. The first-order chi connectivity index (χ1) is 9.10. The number of nitrogens with one attached hydrogen (secondary N) is 1. The van der Waals surface area contributed by atoms with Gasteiger partial charge in [0.2, 0.25) is 0 Å². The molecule has 0 bridgehead atoms. The van der Waals surface area contributed by atoms with Gasteiger partial charge in [-0.05, 0) is 64.6 Å². The topological polar surface area (TPSA) is 49.3 Å². The summed E-state index contributed by atoms with van der Waals surface area (Å²) in [7, 11) is 0. The maximum absolute atomic E-state index is 11.3. The molecule has 0 unspecified atom stereocenters. The van der Waals surface area contributed by atoms with E-state index in [0.29, 0.717) is 5.69 Å². The Morgan fingerprint density at radius 3 is 2.47 bits per heavy atom. The fraction of sp³-hybridized carbons (Fsp3) is 0. The van der Waals surface area contributed by atoms with Gasteiger partial charge in [0.1, 0.15) is 0 Å². The lowest BCUT2D eigenvalue weighted by atomic mass is 10.1. The van der Waals surface area contributed by atoms with Crippen LogP contribution < -0.4 is 5.32 Å². The lowest BCUT2D eigenvalue weighted by Crippen LogP contribution is -2.03. The zero-order valence-electron chi connectivity index (χ0n) is 10.1. The molecular formula is C15H12INO2. The Morgan fingerprint density at radius 1 is 1.21 bits per heavy atom. The minimum absolute atomic E-state index is 0.232. The van der Waals surface area contributed by atoms with Gasteiger partial charge in [-0.15, -0.1) is 0 Å². The largest absolute Gasteiger partial charge is 0.478 e. The number of aromatic carboxylic acids is 1. The number of carboxylic acids is 1. The van der Waals surface area contributed by atoms with Crippen LogP contribution in [-0.2, 0) is 0 Å². The van der Waals surface area contributed by atoms with Crippen LogP contribution in [0.3, 0.4) is 0 Å². The summed E-state index contributed by atoms with van der Waals surface area (Å²) in [6.45, 7) is 3.64. The minimum Gasteiger partial charge on any atom is -0.478 e. The van der Waals surface area contributed by atoms with Crippen molar-refractivity contribution >= 4 is 46.0 Å². The monoisotopic (exact) mass is 365 g/mol. The summed E-state index contributed by atoms with van der Waals surface area (Å²) in [5, 5.41) is 12.3. The van der Waals surface area contributed by atoms with Crippen LogP contribution in [0.5, 0.6) is 0 Å². The molecule has 0 saturated carbocycles. The van der Waals surface area contributed by atoms with Crippen LogP contribution in [0.25, 0.3) is 6.08 Å². The Labute approximate surface area is 125 Å². The van der Waals surface area contributed by atoms with Crippen molar-refractivity contribution in [2.24, 2.45) is 0 Å². The van der Waals surface area contributed by atoms with Crippen LogP contribution in [0, 0.1) is 3.57 Å². The Bertz CT molecular complexity index is 621. The summed E-state index contributed by atoms with van der Waals surface area (Å²) < 4.78 is 1.13. The van der Waals surface area contributed by atoms with Crippen LogP contribution in [0.15, 0.2) is 49.0 Å². The maximum Gasteiger partial charge on any atom is 0.337 e. The molecule has 0 saturated heterocycles. The molecule has 2 aromatic carbocycles. The predicted octanol–water partition coefficient (Wildman–Crippen LogP) is 4.38. The second kappa shape index (κ2) is 5.88. The van der Waals surface area contributed by atoms with Crippen LogP contribution in [0.2, 0.25) is 0 Å². The highest BCUT2D eigenvalue weighted by molar-refractivity contribution is 14.1. The number of carbonyl (C=O) groups is 1. The van der Waals surface area contributed by atoms with E-state index >= 15 is 0 Å². The molecule has 0 spiro atoms. The zero-order valence-corrected chi connectivity index (χ0v) is 12.2. The highest BCUT2D eigenvalue weighted by Crippen LogP contribution is 2.23. The molecule has 0 aliphatic rings. The first-order valence-electron chi connectivity index (χ1n) is 5.62. The lowest BCUT2D eigenvalue weighted by Gasteiger charge is -2.10. The van der Waals surface area contributed by atoms with Crippen molar-refractivity contribution in [3.8, 4) is 0 Å². The molecule has 0 heterocycles. The summed E-state index contributed by atoms with van der Waals surface area (Å²) in [5.74, 6) is -0.961. The number of hydrogen-bond acceptors (Lipinski definition) is 2. The van der Waals surface area contributed by atoms with Crippen LogP contribution in [-0.4, -0.2) is 11.1 Å². The van der Waals surface area contributed by atoms with Crippen molar-refractivity contribution < 1.29 is 9.90 Å². The Hall–Kier alpha value is -1.82. The van der Waals surface area contributed by atoms with Gasteiger partial charge < -0.3 is 10.4 Å². The van der Waals surface area contributed by atoms with E-state index in [2.05, 4.69) is 34.5 Å². The number of anilines is 2. The molecular weight excluding hydrogens is 353 g/mol. The van der Waals surface area contributed by atoms with Crippen molar-refractivity contribution in [1.29, 1.82) is 0 Å². The molecule has 2 N–H and O–H groups in total. The molecule has 0 fully saturated rings. The van der Waals surface area contributed by atoms with Gasteiger partial charge in [-0.1, -0.05) is 18.7 Å². The van der Waals surface area contributed by atoms with Crippen LogP contribution in [0.1, 0.15) is 15.9 Å². The molecule has 96 valence electrons. The van der Waals surface area contributed by atoms with E-state index in [1.165, 1.54) is 0 Å². The van der Waals surface area contributed by atoms with Crippen molar-refractivity contribution in [2.45, 2.75) is 0 Å². The van der Waals surface area contributed by atoms with Gasteiger partial charge in [0.05, 0.1) is 11.3 Å².